The Morgan fingerprint density at radius 3 is 1.16 bits per heavy atom. The summed E-state index contributed by atoms with van der Waals surface area (Å²) in [5, 5.41) is 27.8. The third-order valence-corrected chi connectivity index (χ3v) is 34.2. The zero-order valence-corrected chi connectivity index (χ0v) is 81.3. The predicted molar refractivity (Wildman–Crippen MR) is 616 cm³/mol. The Hall–Kier alpha value is -18.2. The molecule has 0 atom stereocenters. The summed E-state index contributed by atoms with van der Waals surface area (Å²) in [6.45, 7) is 4.68. The number of nitrogens with zero attached hydrogens (tertiary/aromatic N) is 6. The lowest BCUT2D eigenvalue weighted by molar-refractivity contribution is 0.664. The van der Waals surface area contributed by atoms with Crippen molar-refractivity contribution in [2.24, 2.45) is 0 Å². The summed E-state index contributed by atoms with van der Waals surface area (Å²) in [5.74, 6) is 1.94. The van der Waals surface area contributed by atoms with Crippen LogP contribution in [0.1, 0.15) is 25.0 Å². The average Bonchev–Trinajstić information content (AvgIpc) is 1.53. The molecule has 0 bridgehead atoms. The van der Waals surface area contributed by atoms with Crippen molar-refractivity contribution in [3.05, 3.63) is 460 Å². The van der Waals surface area contributed by atoms with E-state index in [0.717, 1.165) is 82.9 Å². The average molecular weight is 1920 g/mol. The lowest BCUT2D eigenvalue weighted by Crippen LogP contribution is -2.16. The topological polar surface area (TPSA) is 92.9 Å². The number of thiophene rings is 3. The summed E-state index contributed by atoms with van der Waals surface area (Å²) >= 11 is 5.58. The van der Waals surface area contributed by atoms with E-state index in [-0.39, 0.29) is 5.41 Å². The minimum atomic E-state index is -0.165. The van der Waals surface area contributed by atoms with Gasteiger partial charge in [-0.05, 0) is 159 Å². The van der Waals surface area contributed by atoms with E-state index >= 15 is 0 Å². The molecule has 682 valence electrons. The Kier molecular flexibility index (Phi) is 18.0. The van der Waals surface area contributed by atoms with Gasteiger partial charge in [0, 0.05) is 97.0 Å². The molecule has 12 heteroatoms. The quantitative estimate of drug-likeness (QED) is 0.141. The fraction of sp³-hybridized carbons (Fsp3) is 0.0224. The highest BCUT2D eigenvalue weighted by atomic mass is 32.1. The number of aromatic nitrogens is 6. The molecule has 10 heterocycles. The molecule has 1 aliphatic carbocycles. The summed E-state index contributed by atoms with van der Waals surface area (Å²) in [6, 6.07) is 161. The van der Waals surface area contributed by atoms with E-state index in [2.05, 4.69) is 452 Å². The summed E-state index contributed by atoms with van der Waals surface area (Å²) in [5.41, 5.74) is 27.9. The van der Waals surface area contributed by atoms with Gasteiger partial charge in [-0.3, -0.25) is 4.57 Å². The van der Waals surface area contributed by atoms with E-state index < -0.39 is 0 Å². The van der Waals surface area contributed by atoms with Crippen molar-refractivity contribution in [1.29, 1.82) is 0 Å². The van der Waals surface area contributed by atoms with Crippen molar-refractivity contribution in [3.63, 3.8) is 0 Å². The lowest BCUT2D eigenvalue weighted by Gasteiger charge is -2.22. The van der Waals surface area contributed by atoms with Crippen LogP contribution in [0.3, 0.4) is 0 Å². The Morgan fingerprint density at radius 2 is 0.610 bits per heavy atom. The molecule has 33 rings (SSSR count). The van der Waals surface area contributed by atoms with Crippen LogP contribution < -0.4 is 0 Å². The van der Waals surface area contributed by atoms with Crippen LogP contribution in [0.15, 0.2) is 462 Å². The fourth-order valence-electron chi connectivity index (χ4n) is 24.0. The van der Waals surface area contributed by atoms with Crippen LogP contribution in [0.5, 0.6) is 0 Å². The van der Waals surface area contributed by atoms with Gasteiger partial charge in [-0.25, -0.2) is 4.98 Å². The van der Waals surface area contributed by atoms with Gasteiger partial charge in [0.25, 0.3) is 0 Å². The Balaban J connectivity index is 0.0000001000. The van der Waals surface area contributed by atoms with Crippen LogP contribution in [-0.4, -0.2) is 28.7 Å². The summed E-state index contributed by atoms with van der Waals surface area (Å²) in [4.78, 5) is 16.8. The van der Waals surface area contributed by atoms with Crippen LogP contribution in [0.4, 0.5) is 0 Å². The number of furan rings is 3. The highest BCUT2D eigenvalue weighted by Gasteiger charge is 2.42. The summed E-state index contributed by atoms with van der Waals surface area (Å²) in [6.07, 6.45) is 0. The second-order valence-electron chi connectivity index (χ2n) is 38.9. The fourth-order valence-corrected chi connectivity index (χ4v) is 28.1. The molecule has 0 fully saturated rings. The minimum absolute atomic E-state index is 0.165. The first kappa shape index (κ1) is 82.5. The maximum Gasteiger partial charge on any atom is 0.238 e. The zero-order valence-electron chi connectivity index (χ0n) is 78.9. The molecule has 9 nitrogen and oxygen atoms in total. The maximum absolute atomic E-state index is 6.80. The molecule has 0 unspecified atom stereocenters. The van der Waals surface area contributed by atoms with Gasteiger partial charge in [-0.15, -0.1) is 34.0 Å². The van der Waals surface area contributed by atoms with E-state index in [1.165, 1.54) is 209 Å². The van der Waals surface area contributed by atoms with Gasteiger partial charge in [-0.2, -0.15) is 9.97 Å². The van der Waals surface area contributed by atoms with Gasteiger partial charge in [-0.1, -0.05) is 402 Å². The van der Waals surface area contributed by atoms with Crippen LogP contribution in [0, 0.1) is 0 Å². The Bertz CT molecular complexity index is 11100. The number of para-hydroxylation sites is 3. The largest absolute Gasteiger partial charge is 0.456 e. The minimum Gasteiger partial charge on any atom is -0.456 e. The van der Waals surface area contributed by atoms with Crippen LogP contribution in [-0.2, 0) is 5.41 Å². The van der Waals surface area contributed by atoms with Gasteiger partial charge in [0.1, 0.15) is 33.4 Å². The van der Waals surface area contributed by atoms with E-state index in [1.54, 1.807) is 0 Å². The normalized spacial score (nSPS) is 12.6. The molecule has 146 heavy (non-hydrogen) atoms. The number of fused-ring (bicyclic) bond motifs is 34. The first-order chi connectivity index (χ1) is 72.2. The zero-order chi connectivity index (χ0) is 95.8. The van der Waals surface area contributed by atoms with Gasteiger partial charge >= 0.3 is 0 Å². The second-order valence-corrected chi connectivity index (χ2v) is 42.0. The lowest BCUT2D eigenvalue weighted by atomic mass is 9.82. The molecule has 0 saturated heterocycles. The first-order valence-electron chi connectivity index (χ1n) is 49.6. The molecule has 0 radical (unpaired) electrons. The van der Waals surface area contributed by atoms with E-state index in [4.69, 9.17) is 28.2 Å². The molecule has 0 saturated carbocycles. The van der Waals surface area contributed by atoms with Crippen molar-refractivity contribution in [1.82, 2.24) is 28.7 Å². The van der Waals surface area contributed by atoms with Gasteiger partial charge in [0.05, 0.1) is 56.9 Å². The number of rotatable bonds is 8. The summed E-state index contributed by atoms with van der Waals surface area (Å²) < 4.78 is 33.5. The molecule has 0 N–H and O–H groups in total. The molecule has 0 spiro atoms. The molecule has 22 aromatic carbocycles. The first-order valence-corrected chi connectivity index (χ1v) is 52.0. The summed E-state index contributed by atoms with van der Waals surface area (Å²) in [7, 11) is 0. The van der Waals surface area contributed by atoms with E-state index in [9.17, 15) is 0 Å². The number of benzene rings is 22. The standard InChI is InChI=1S/C50H27NO2S.C44H25NOS.C40H28N4S/c1-2-13-30-27-43-40(25-29(30)12-1)39-26-31(22-24-42(39)52-43)44-33-15-5-7-17-35(33)46(36-18-8-6-16-34(36)44)51-45-32-14-4-3-11-28(32)21-23-38(45)49-47(51)48-50(54-49)37-19-9-10-20-41(37)53-48;1-2-13-28-25-29(22-21-26(28)11-1)38-31-15-5-7-17-33(31)40(34-18-8-6-16-32(34)38)45-39-30-14-4-3-12-27(30)23-24-36(39)43-41(45)42-44(47-43)35-19-9-10-20-37(35)46-42;1-40(2)31-19-11-9-17-29(31)35-33(40)34-36(45-35)30-18-10-12-20-32(30)44(34)39-42-37(27-15-7-4-8-16-27)41-38(43-39)28-23-21-26(22-24-28)25-13-5-3-6-14-25/h1-27H;1-25H;3-24H,1-2H3. The molecular weight excluding hydrogens is 1840 g/mol. The SMILES string of the molecule is CC1(C)c2ccccc2-c2sc3c4ccccc4n(-c4nc(-c5ccccc5)nc(-c5ccc(-c6ccccc6)cc5)n4)c3c21.c1ccc2cc(-c3c4ccccc4c(-n4c5c6ccccc6ccc5c5sc6c7ccccc7oc6c54)c4ccccc34)ccc2c1.c1ccc2cc3c(cc2c1)oc1ccc(-c2c4ccccc4c(-n4c5c6ccccc6ccc5c5sc6c7ccccc7oc6c54)c4ccccc24)cc13. The monoisotopic (exact) mass is 1920 g/mol. The van der Waals surface area contributed by atoms with Gasteiger partial charge < -0.3 is 22.4 Å². The van der Waals surface area contributed by atoms with Crippen molar-refractivity contribution in [2.75, 3.05) is 0 Å². The molecule has 10 aromatic heterocycles. The maximum atomic E-state index is 6.80. The van der Waals surface area contributed by atoms with Gasteiger partial charge in [0.2, 0.25) is 5.95 Å². The van der Waals surface area contributed by atoms with Gasteiger partial charge in [0.15, 0.2) is 22.8 Å². The van der Waals surface area contributed by atoms with Crippen LogP contribution >= 0.6 is 34.0 Å². The second kappa shape index (κ2) is 31.9. The molecular formula is C134H80N6O3S3. The molecule has 32 aromatic rings. The van der Waals surface area contributed by atoms with E-state index in [0.29, 0.717) is 17.6 Å². The highest BCUT2D eigenvalue weighted by Crippen LogP contribution is 2.60. The van der Waals surface area contributed by atoms with E-state index in [1.807, 2.05) is 58.3 Å². The van der Waals surface area contributed by atoms with Crippen LogP contribution in [0.25, 0.3) is 298 Å². The number of hydrogen-bond donors (Lipinski definition) is 0. The van der Waals surface area contributed by atoms with Crippen molar-refractivity contribution in [2.45, 2.75) is 19.3 Å². The van der Waals surface area contributed by atoms with Crippen LogP contribution in [0.2, 0.25) is 0 Å². The number of hydrogen-bond acceptors (Lipinski definition) is 9. The Morgan fingerprint density at radius 1 is 0.226 bits per heavy atom. The van der Waals surface area contributed by atoms with Crippen molar-refractivity contribution in [3.8, 4) is 83.9 Å². The molecule has 0 amide bonds. The smallest absolute Gasteiger partial charge is 0.238 e. The van der Waals surface area contributed by atoms with Crippen molar-refractivity contribution < 1.29 is 13.3 Å². The Labute approximate surface area is 846 Å². The third-order valence-electron chi connectivity index (χ3n) is 30.5. The van der Waals surface area contributed by atoms with Crippen molar-refractivity contribution >= 4 is 248 Å². The molecule has 0 aliphatic heterocycles. The third kappa shape index (κ3) is 12.3. The molecule has 1 aliphatic rings. The highest BCUT2D eigenvalue weighted by molar-refractivity contribution is 7.28. The predicted octanol–water partition coefficient (Wildman–Crippen LogP) is 38.3.